The average Bonchev–Trinajstić information content (AvgIpc) is 2.26. The summed E-state index contributed by atoms with van der Waals surface area (Å²) in [6, 6.07) is 9.17. The van der Waals surface area contributed by atoms with E-state index in [1.165, 1.54) is 16.7 Å². The largest absolute Gasteiger partial charge is 0.198 e. The molecule has 0 N–H and O–H groups in total. The van der Waals surface area contributed by atoms with Crippen LogP contribution in [-0.2, 0) is 18.3 Å². The second-order valence-corrected chi connectivity index (χ2v) is 5.80. The summed E-state index contributed by atoms with van der Waals surface area (Å²) >= 11 is 0. The van der Waals surface area contributed by atoms with E-state index < -0.39 is 0 Å². The molecule has 1 aliphatic rings. The summed E-state index contributed by atoms with van der Waals surface area (Å²) in [5, 5.41) is 8.95. The summed E-state index contributed by atoms with van der Waals surface area (Å²) in [5.74, 6) is 0.230. The lowest BCUT2D eigenvalue weighted by molar-refractivity contribution is 0.555. The molecule has 0 radical (unpaired) electrons. The lowest BCUT2D eigenvalue weighted by atomic mass is 9.80. The maximum absolute atomic E-state index is 8.95. The molecule has 1 aromatic rings. The van der Waals surface area contributed by atoms with Gasteiger partial charge in [-0.2, -0.15) is 5.26 Å². The molecule has 0 aliphatic heterocycles. The molecule has 1 heteroatoms. The smallest absolute Gasteiger partial charge is 0.0659 e. The third kappa shape index (κ3) is 2.11. The highest BCUT2D eigenvalue weighted by Gasteiger charge is 2.20. The van der Waals surface area contributed by atoms with Gasteiger partial charge in [-0.1, -0.05) is 39.0 Å². The average molecular weight is 213 g/mol. The van der Waals surface area contributed by atoms with Crippen molar-refractivity contribution in [1.82, 2.24) is 0 Å². The minimum absolute atomic E-state index is 0.223. The summed E-state index contributed by atoms with van der Waals surface area (Å²) in [4.78, 5) is 0. The van der Waals surface area contributed by atoms with Crippen LogP contribution in [0.4, 0.5) is 0 Å². The van der Waals surface area contributed by atoms with Gasteiger partial charge in [-0.05, 0) is 41.4 Å². The fraction of sp³-hybridized carbons (Fsp3) is 0.533. The Labute approximate surface area is 98.1 Å². The Morgan fingerprint density at radius 2 is 2.00 bits per heavy atom. The molecule has 0 spiro atoms. The van der Waals surface area contributed by atoms with Gasteiger partial charge in [0.1, 0.15) is 0 Å². The Hall–Kier alpha value is -1.29. The van der Waals surface area contributed by atoms with Crippen molar-refractivity contribution in [2.75, 3.05) is 0 Å². The highest BCUT2D eigenvalue weighted by Crippen LogP contribution is 2.30. The second kappa shape index (κ2) is 3.94. The molecule has 0 amide bonds. The SMILES string of the molecule is CC(C)(C)c1ccc2c(c1)CCC(C#N)C2. The fourth-order valence-corrected chi connectivity index (χ4v) is 2.33. The summed E-state index contributed by atoms with van der Waals surface area (Å²) in [7, 11) is 0. The normalized spacial score (nSPS) is 20.0. The highest BCUT2D eigenvalue weighted by molar-refractivity contribution is 5.37. The maximum atomic E-state index is 8.95. The summed E-state index contributed by atoms with van der Waals surface area (Å²) in [6.45, 7) is 6.74. The van der Waals surface area contributed by atoms with Crippen LogP contribution in [0, 0.1) is 17.2 Å². The Morgan fingerprint density at radius 1 is 1.25 bits per heavy atom. The molecule has 84 valence electrons. The minimum Gasteiger partial charge on any atom is -0.198 e. The minimum atomic E-state index is 0.223. The molecule has 0 bridgehead atoms. The number of benzene rings is 1. The lowest BCUT2D eigenvalue weighted by Crippen LogP contribution is -2.16. The van der Waals surface area contributed by atoms with Crippen molar-refractivity contribution in [2.45, 2.75) is 45.4 Å². The number of aryl methyl sites for hydroxylation is 1. The van der Waals surface area contributed by atoms with E-state index in [1.807, 2.05) is 0 Å². The van der Waals surface area contributed by atoms with Crippen molar-refractivity contribution < 1.29 is 0 Å². The number of rotatable bonds is 0. The monoisotopic (exact) mass is 213 g/mol. The Kier molecular flexibility index (Phi) is 2.76. The van der Waals surface area contributed by atoms with Crippen molar-refractivity contribution >= 4 is 0 Å². The quantitative estimate of drug-likeness (QED) is 0.646. The molecular weight excluding hydrogens is 194 g/mol. The number of nitrogens with zero attached hydrogens (tertiary/aromatic N) is 1. The summed E-state index contributed by atoms with van der Waals surface area (Å²) < 4.78 is 0. The Bertz CT molecular complexity index is 432. The van der Waals surface area contributed by atoms with E-state index in [1.54, 1.807) is 0 Å². The van der Waals surface area contributed by atoms with Gasteiger partial charge in [0.15, 0.2) is 0 Å². The van der Waals surface area contributed by atoms with Gasteiger partial charge in [0, 0.05) is 0 Å². The first-order chi connectivity index (χ1) is 7.50. The molecule has 0 heterocycles. The molecule has 0 saturated carbocycles. The third-order valence-electron chi connectivity index (χ3n) is 3.48. The number of nitriles is 1. The molecule has 0 fully saturated rings. The van der Waals surface area contributed by atoms with Gasteiger partial charge in [0.05, 0.1) is 12.0 Å². The first kappa shape index (κ1) is 11.2. The fourth-order valence-electron chi connectivity index (χ4n) is 2.33. The Morgan fingerprint density at radius 3 is 2.62 bits per heavy atom. The highest BCUT2D eigenvalue weighted by atomic mass is 14.3. The van der Waals surface area contributed by atoms with Crippen LogP contribution >= 0.6 is 0 Å². The zero-order chi connectivity index (χ0) is 11.8. The molecule has 1 atom stereocenters. The zero-order valence-electron chi connectivity index (χ0n) is 10.4. The van der Waals surface area contributed by atoms with Gasteiger partial charge >= 0.3 is 0 Å². The third-order valence-corrected chi connectivity index (χ3v) is 3.48. The predicted octanol–water partition coefficient (Wildman–Crippen LogP) is 3.61. The van der Waals surface area contributed by atoms with Crippen molar-refractivity contribution in [3.8, 4) is 6.07 Å². The predicted molar refractivity (Wildman–Crippen MR) is 66.3 cm³/mol. The van der Waals surface area contributed by atoms with Crippen molar-refractivity contribution in [1.29, 1.82) is 5.26 Å². The van der Waals surface area contributed by atoms with Gasteiger partial charge in [-0.3, -0.25) is 0 Å². The van der Waals surface area contributed by atoms with Crippen molar-refractivity contribution in [2.24, 2.45) is 5.92 Å². The molecule has 1 aromatic carbocycles. The molecule has 16 heavy (non-hydrogen) atoms. The summed E-state index contributed by atoms with van der Waals surface area (Å²) in [6.07, 6.45) is 3.03. The van der Waals surface area contributed by atoms with Crippen LogP contribution in [0.25, 0.3) is 0 Å². The number of fused-ring (bicyclic) bond motifs is 1. The van der Waals surface area contributed by atoms with Crippen LogP contribution < -0.4 is 0 Å². The summed E-state index contributed by atoms with van der Waals surface area (Å²) in [5.41, 5.74) is 4.47. The maximum Gasteiger partial charge on any atom is 0.0659 e. The van der Waals surface area contributed by atoms with Crippen LogP contribution in [0.15, 0.2) is 18.2 Å². The standard InChI is InChI=1S/C15H19N/c1-15(2,3)14-7-6-12-8-11(10-16)4-5-13(12)9-14/h6-7,9,11H,4-5,8H2,1-3H3. The van der Waals surface area contributed by atoms with Crippen molar-refractivity contribution in [3.63, 3.8) is 0 Å². The van der Waals surface area contributed by atoms with Gasteiger partial charge in [0.2, 0.25) is 0 Å². The Balaban J connectivity index is 2.33. The van der Waals surface area contributed by atoms with Crippen molar-refractivity contribution in [3.05, 3.63) is 34.9 Å². The van der Waals surface area contributed by atoms with E-state index in [9.17, 15) is 0 Å². The molecule has 2 rings (SSSR count). The topological polar surface area (TPSA) is 23.8 Å². The van der Waals surface area contributed by atoms with Gasteiger partial charge < -0.3 is 0 Å². The van der Waals surface area contributed by atoms with E-state index >= 15 is 0 Å². The zero-order valence-corrected chi connectivity index (χ0v) is 10.4. The number of hydrogen-bond donors (Lipinski definition) is 0. The van der Waals surface area contributed by atoms with E-state index in [2.05, 4.69) is 45.0 Å². The first-order valence-corrected chi connectivity index (χ1v) is 6.02. The molecule has 1 nitrogen and oxygen atoms in total. The van der Waals surface area contributed by atoms with Crippen LogP contribution in [-0.4, -0.2) is 0 Å². The number of hydrogen-bond acceptors (Lipinski definition) is 1. The van der Waals surface area contributed by atoms with Crippen LogP contribution in [0.2, 0.25) is 0 Å². The van der Waals surface area contributed by atoms with Crippen LogP contribution in [0.3, 0.4) is 0 Å². The molecule has 0 saturated heterocycles. The lowest BCUT2D eigenvalue weighted by Gasteiger charge is -2.24. The van der Waals surface area contributed by atoms with E-state index in [0.29, 0.717) is 0 Å². The second-order valence-electron chi connectivity index (χ2n) is 5.80. The van der Waals surface area contributed by atoms with E-state index in [4.69, 9.17) is 5.26 Å². The first-order valence-electron chi connectivity index (χ1n) is 6.02. The molecule has 1 aliphatic carbocycles. The van der Waals surface area contributed by atoms with Crippen LogP contribution in [0.5, 0.6) is 0 Å². The molecule has 0 aromatic heterocycles. The molecule has 1 unspecified atom stereocenters. The van der Waals surface area contributed by atoms with E-state index in [0.717, 1.165) is 19.3 Å². The van der Waals surface area contributed by atoms with Gasteiger partial charge in [-0.25, -0.2) is 0 Å². The van der Waals surface area contributed by atoms with E-state index in [-0.39, 0.29) is 11.3 Å². The van der Waals surface area contributed by atoms with Gasteiger partial charge in [-0.15, -0.1) is 0 Å². The van der Waals surface area contributed by atoms with Gasteiger partial charge in [0.25, 0.3) is 0 Å². The molecular formula is C15H19N. The van der Waals surface area contributed by atoms with Crippen LogP contribution in [0.1, 0.15) is 43.9 Å².